The molecule has 6 nitrogen and oxygen atoms in total. The van der Waals surface area contributed by atoms with Crippen molar-refractivity contribution in [3.63, 3.8) is 0 Å². The van der Waals surface area contributed by atoms with Crippen molar-refractivity contribution < 1.29 is 19.1 Å². The molecule has 1 aromatic carbocycles. The van der Waals surface area contributed by atoms with Crippen LogP contribution in [0.25, 0.3) is 11.3 Å². The molecule has 1 saturated heterocycles. The Hall–Kier alpha value is -2.63. The molecule has 6 heteroatoms. The third-order valence-electron chi connectivity index (χ3n) is 4.72. The SMILES string of the molecule is CC1CCC(C(=O)O)CN1C(=O)CCc1ncc(-c2ccccc2)o1. The fourth-order valence-electron chi connectivity index (χ4n) is 3.18. The summed E-state index contributed by atoms with van der Waals surface area (Å²) < 4.78 is 5.72. The summed E-state index contributed by atoms with van der Waals surface area (Å²) in [6, 6.07) is 9.75. The van der Waals surface area contributed by atoms with Gasteiger partial charge in [-0.2, -0.15) is 0 Å². The number of rotatable bonds is 5. The summed E-state index contributed by atoms with van der Waals surface area (Å²) in [4.78, 5) is 29.6. The monoisotopic (exact) mass is 342 g/mol. The van der Waals surface area contributed by atoms with E-state index in [0.29, 0.717) is 24.5 Å². The quantitative estimate of drug-likeness (QED) is 0.903. The molecule has 2 aromatic rings. The van der Waals surface area contributed by atoms with Gasteiger partial charge in [-0.3, -0.25) is 9.59 Å². The van der Waals surface area contributed by atoms with Crippen molar-refractivity contribution in [1.29, 1.82) is 0 Å². The minimum Gasteiger partial charge on any atom is -0.481 e. The maximum atomic E-state index is 12.5. The normalized spacial score (nSPS) is 20.4. The summed E-state index contributed by atoms with van der Waals surface area (Å²) in [5.41, 5.74) is 0.946. The lowest BCUT2D eigenvalue weighted by atomic mass is 9.93. The second-order valence-electron chi connectivity index (χ2n) is 6.49. The minimum absolute atomic E-state index is 0.0436. The van der Waals surface area contributed by atoms with Crippen LogP contribution < -0.4 is 0 Å². The zero-order valence-electron chi connectivity index (χ0n) is 14.2. The predicted molar refractivity (Wildman–Crippen MR) is 91.8 cm³/mol. The van der Waals surface area contributed by atoms with Crippen LogP contribution in [0.4, 0.5) is 0 Å². The van der Waals surface area contributed by atoms with Gasteiger partial charge in [0, 0.05) is 31.0 Å². The van der Waals surface area contributed by atoms with Gasteiger partial charge in [0.05, 0.1) is 12.1 Å². The molecule has 2 unspecified atom stereocenters. The molecule has 3 rings (SSSR count). The molecular formula is C19H22N2O4. The summed E-state index contributed by atoms with van der Waals surface area (Å²) in [5.74, 6) is -0.138. The number of aliphatic carboxylic acids is 1. The van der Waals surface area contributed by atoms with Crippen LogP contribution in [0, 0.1) is 5.92 Å². The van der Waals surface area contributed by atoms with Crippen molar-refractivity contribution in [2.75, 3.05) is 6.54 Å². The number of aromatic nitrogens is 1. The fraction of sp³-hybridized carbons (Fsp3) is 0.421. The Balaban J connectivity index is 1.59. The van der Waals surface area contributed by atoms with Crippen molar-refractivity contribution >= 4 is 11.9 Å². The number of hydrogen-bond donors (Lipinski definition) is 1. The molecule has 1 aromatic heterocycles. The molecule has 1 N–H and O–H groups in total. The van der Waals surface area contributed by atoms with E-state index in [2.05, 4.69) is 4.98 Å². The molecule has 1 amide bonds. The number of hydrogen-bond acceptors (Lipinski definition) is 4. The topological polar surface area (TPSA) is 83.6 Å². The number of nitrogens with zero attached hydrogens (tertiary/aromatic N) is 2. The van der Waals surface area contributed by atoms with E-state index >= 15 is 0 Å². The van der Waals surface area contributed by atoms with Gasteiger partial charge < -0.3 is 14.4 Å². The molecule has 0 saturated carbocycles. The number of benzene rings is 1. The van der Waals surface area contributed by atoms with Crippen molar-refractivity contribution in [3.05, 3.63) is 42.4 Å². The van der Waals surface area contributed by atoms with E-state index in [1.54, 1.807) is 11.1 Å². The number of aryl methyl sites for hydroxylation is 1. The van der Waals surface area contributed by atoms with Crippen molar-refractivity contribution in [1.82, 2.24) is 9.88 Å². The Morgan fingerprint density at radius 1 is 1.28 bits per heavy atom. The van der Waals surface area contributed by atoms with E-state index in [4.69, 9.17) is 4.42 Å². The first-order valence-electron chi connectivity index (χ1n) is 8.57. The predicted octanol–water partition coefficient (Wildman–Crippen LogP) is 2.99. The third kappa shape index (κ3) is 4.07. The van der Waals surface area contributed by atoms with E-state index in [-0.39, 0.29) is 24.9 Å². The molecule has 0 aliphatic carbocycles. The number of amides is 1. The Morgan fingerprint density at radius 2 is 2.04 bits per heavy atom. The molecule has 132 valence electrons. The summed E-state index contributed by atoms with van der Waals surface area (Å²) in [6.07, 6.45) is 3.69. The molecule has 2 atom stereocenters. The zero-order valence-corrected chi connectivity index (χ0v) is 14.2. The zero-order chi connectivity index (χ0) is 17.8. The minimum atomic E-state index is -0.829. The van der Waals surface area contributed by atoms with Gasteiger partial charge in [-0.15, -0.1) is 0 Å². The van der Waals surface area contributed by atoms with Gasteiger partial charge in [-0.25, -0.2) is 4.98 Å². The lowest BCUT2D eigenvalue weighted by Crippen LogP contribution is -2.47. The Labute approximate surface area is 146 Å². The van der Waals surface area contributed by atoms with Crippen LogP contribution in [0.5, 0.6) is 0 Å². The van der Waals surface area contributed by atoms with E-state index < -0.39 is 11.9 Å². The Morgan fingerprint density at radius 3 is 2.76 bits per heavy atom. The molecule has 0 bridgehead atoms. The maximum Gasteiger partial charge on any atom is 0.308 e. The molecule has 0 radical (unpaired) electrons. The number of oxazole rings is 1. The highest BCUT2D eigenvalue weighted by atomic mass is 16.4. The second-order valence-corrected chi connectivity index (χ2v) is 6.49. The number of carbonyl (C=O) groups excluding carboxylic acids is 1. The highest BCUT2D eigenvalue weighted by molar-refractivity contribution is 5.78. The first kappa shape index (κ1) is 17.2. The second kappa shape index (κ2) is 7.51. The summed E-state index contributed by atoms with van der Waals surface area (Å²) in [5, 5.41) is 9.18. The van der Waals surface area contributed by atoms with Gasteiger partial charge in [-0.1, -0.05) is 30.3 Å². The van der Waals surface area contributed by atoms with Gasteiger partial charge in [0.1, 0.15) is 0 Å². The molecular weight excluding hydrogens is 320 g/mol. The standard InChI is InChI=1S/C19H22N2O4/c1-13-7-8-15(19(23)24)12-21(13)18(22)10-9-17-20-11-16(25-17)14-5-3-2-4-6-14/h2-6,11,13,15H,7-10,12H2,1H3,(H,23,24). The number of carboxylic acid groups (broad SMARTS) is 1. The Kier molecular flexibility index (Phi) is 5.16. The van der Waals surface area contributed by atoms with Crippen LogP contribution in [0.3, 0.4) is 0 Å². The van der Waals surface area contributed by atoms with Gasteiger partial charge >= 0.3 is 5.97 Å². The summed E-state index contributed by atoms with van der Waals surface area (Å²) >= 11 is 0. The van der Waals surface area contributed by atoms with Crippen LogP contribution in [0.1, 0.15) is 32.1 Å². The smallest absolute Gasteiger partial charge is 0.308 e. The van der Waals surface area contributed by atoms with E-state index in [0.717, 1.165) is 12.0 Å². The molecule has 2 heterocycles. The van der Waals surface area contributed by atoms with Crippen LogP contribution in [-0.2, 0) is 16.0 Å². The Bertz CT molecular complexity index is 741. The highest BCUT2D eigenvalue weighted by Crippen LogP contribution is 2.24. The first-order chi connectivity index (χ1) is 12.0. The first-order valence-corrected chi connectivity index (χ1v) is 8.57. The van der Waals surface area contributed by atoms with Gasteiger partial charge in [0.2, 0.25) is 5.91 Å². The largest absolute Gasteiger partial charge is 0.481 e. The van der Waals surface area contributed by atoms with Crippen molar-refractivity contribution in [3.8, 4) is 11.3 Å². The number of carboxylic acids is 1. The lowest BCUT2D eigenvalue weighted by molar-refractivity contribution is -0.147. The van der Waals surface area contributed by atoms with E-state index in [9.17, 15) is 14.7 Å². The van der Waals surface area contributed by atoms with Gasteiger partial charge in [0.25, 0.3) is 0 Å². The molecule has 25 heavy (non-hydrogen) atoms. The van der Waals surface area contributed by atoms with Crippen LogP contribution in [0.15, 0.2) is 40.9 Å². The van der Waals surface area contributed by atoms with Crippen LogP contribution in [0.2, 0.25) is 0 Å². The van der Waals surface area contributed by atoms with Crippen molar-refractivity contribution in [2.45, 2.75) is 38.6 Å². The molecule has 0 spiro atoms. The highest BCUT2D eigenvalue weighted by Gasteiger charge is 2.32. The van der Waals surface area contributed by atoms with E-state index in [1.807, 2.05) is 37.3 Å². The van der Waals surface area contributed by atoms with Gasteiger partial charge in [0.15, 0.2) is 11.7 Å². The summed E-state index contributed by atoms with van der Waals surface area (Å²) in [7, 11) is 0. The van der Waals surface area contributed by atoms with Gasteiger partial charge in [-0.05, 0) is 19.8 Å². The fourth-order valence-corrected chi connectivity index (χ4v) is 3.18. The third-order valence-corrected chi connectivity index (χ3v) is 4.72. The molecule has 1 fully saturated rings. The average molecular weight is 342 g/mol. The summed E-state index contributed by atoms with van der Waals surface area (Å²) in [6.45, 7) is 2.25. The van der Waals surface area contributed by atoms with Crippen LogP contribution >= 0.6 is 0 Å². The number of piperidine rings is 1. The van der Waals surface area contributed by atoms with Crippen LogP contribution in [-0.4, -0.2) is 39.5 Å². The number of likely N-dealkylation sites (tertiary alicyclic amines) is 1. The molecule has 1 aliphatic rings. The average Bonchev–Trinajstić information content (AvgIpc) is 3.09. The van der Waals surface area contributed by atoms with Crippen molar-refractivity contribution in [2.24, 2.45) is 5.92 Å². The maximum absolute atomic E-state index is 12.5. The van der Waals surface area contributed by atoms with E-state index in [1.165, 1.54) is 0 Å². The number of carbonyl (C=O) groups is 2. The molecule has 1 aliphatic heterocycles. The lowest BCUT2D eigenvalue weighted by Gasteiger charge is -2.36.